The molecular weight excluding hydrogens is 468 g/mol. The van der Waals surface area contributed by atoms with Gasteiger partial charge in [0.2, 0.25) is 0 Å². The molecule has 0 atom stereocenters. The molecule has 3 rings (SSSR count). The first-order valence-corrected chi connectivity index (χ1v) is 11.0. The van der Waals surface area contributed by atoms with Gasteiger partial charge in [0, 0.05) is 43.7 Å². The van der Waals surface area contributed by atoms with Gasteiger partial charge < -0.3 is 19.9 Å². The maximum absolute atomic E-state index is 12.5. The van der Waals surface area contributed by atoms with Gasteiger partial charge in [-0.3, -0.25) is 14.5 Å². The molecule has 2 heterocycles. The molecular formula is C21H27BrN4O5. The van der Waals surface area contributed by atoms with Crippen molar-refractivity contribution in [3.8, 4) is 0 Å². The van der Waals surface area contributed by atoms with E-state index in [-0.39, 0.29) is 30.5 Å². The Bertz CT molecular complexity index is 890. The number of hydrogen-bond acceptors (Lipinski definition) is 5. The number of fused-ring (bicyclic) bond motifs is 1. The predicted molar refractivity (Wildman–Crippen MR) is 117 cm³/mol. The highest BCUT2D eigenvalue weighted by atomic mass is 79.9. The Kier molecular flexibility index (Phi) is 6.88. The van der Waals surface area contributed by atoms with Crippen LogP contribution < -0.4 is 5.32 Å². The van der Waals surface area contributed by atoms with E-state index in [1.807, 2.05) is 20.8 Å². The zero-order chi connectivity index (χ0) is 22.8. The number of nitrogens with zero attached hydrogens (tertiary/aromatic N) is 3. The smallest absolute Gasteiger partial charge is 0.410 e. The molecule has 0 unspecified atom stereocenters. The Morgan fingerprint density at radius 1 is 1.03 bits per heavy atom. The Morgan fingerprint density at radius 3 is 2.29 bits per heavy atom. The van der Waals surface area contributed by atoms with Crippen LogP contribution in [-0.4, -0.2) is 83.5 Å². The van der Waals surface area contributed by atoms with Crippen LogP contribution in [0.4, 0.5) is 9.59 Å². The van der Waals surface area contributed by atoms with Gasteiger partial charge in [0.1, 0.15) is 5.60 Å². The van der Waals surface area contributed by atoms with Crippen molar-refractivity contribution in [3.63, 3.8) is 0 Å². The van der Waals surface area contributed by atoms with Crippen molar-refractivity contribution in [2.24, 2.45) is 0 Å². The molecule has 1 fully saturated rings. The molecule has 0 aromatic heterocycles. The minimum Gasteiger partial charge on any atom is -0.444 e. The van der Waals surface area contributed by atoms with Gasteiger partial charge in [-0.1, -0.05) is 15.9 Å². The van der Waals surface area contributed by atoms with E-state index in [4.69, 9.17) is 4.74 Å². The minimum absolute atomic E-state index is 0.227. The van der Waals surface area contributed by atoms with Crippen molar-refractivity contribution >= 4 is 39.9 Å². The summed E-state index contributed by atoms with van der Waals surface area (Å²) in [5, 5.41) is 2.81. The van der Waals surface area contributed by atoms with Crippen molar-refractivity contribution < 1.29 is 23.9 Å². The fraction of sp³-hybridized carbons (Fsp3) is 0.524. The molecule has 1 saturated heterocycles. The third-order valence-corrected chi connectivity index (χ3v) is 5.48. The number of carbonyl (C=O) groups excluding carboxylic acids is 4. The second-order valence-electron chi connectivity index (χ2n) is 8.49. The maximum atomic E-state index is 12.5. The van der Waals surface area contributed by atoms with Crippen LogP contribution in [0.1, 0.15) is 47.9 Å². The third kappa shape index (κ3) is 5.55. The Balaban J connectivity index is 1.39. The van der Waals surface area contributed by atoms with Crippen molar-refractivity contribution in [3.05, 3.63) is 33.8 Å². The van der Waals surface area contributed by atoms with Gasteiger partial charge in [0.15, 0.2) is 0 Å². The zero-order valence-corrected chi connectivity index (χ0v) is 19.5. The number of halogens is 1. The summed E-state index contributed by atoms with van der Waals surface area (Å²) in [6.07, 6.45) is 0.0801. The number of ether oxygens (including phenoxy) is 1. The number of imide groups is 1. The summed E-state index contributed by atoms with van der Waals surface area (Å²) in [4.78, 5) is 53.8. The predicted octanol–water partition coefficient (Wildman–Crippen LogP) is 2.70. The quantitative estimate of drug-likeness (QED) is 0.512. The van der Waals surface area contributed by atoms with Gasteiger partial charge in [-0.25, -0.2) is 9.59 Å². The number of amides is 5. The number of carbonyl (C=O) groups is 4. The number of piperazine rings is 1. The van der Waals surface area contributed by atoms with Gasteiger partial charge in [-0.15, -0.1) is 0 Å². The molecule has 0 aliphatic carbocycles. The van der Waals surface area contributed by atoms with Gasteiger partial charge in [0.25, 0.3) is 11.8 Å². The number of nitrogens with one attached hydrogen (secondary N) is 1. The number of urea groups is 1. The zero-order valence-electron chi connectivity index (χ0n) is 17.9. The first-order chi connectivity index (χ1) is 14.6. The van der Waals surface area contributed by atoms with Crippen LogP contribution in [0.3, 0.4) is 0 Å². The number of rotatable bonds is 4. The molecule has 1 N–H and O–H groups in total. The molecule has 9 nitrogen and oxygen atoms in total. The highest BCUT2D eigenvalue weighted by molar-refractivity contribution is 9.10. The van der Waals surface area contributed by atoms with E-state index in [1.54, 1.807) is 28.0 Å². The number of hydrogen-bond donors (Lipinski definition) is 1. The summed E-state index contributed by atoms with van der Waals surface area (Å²) in [6.45, 7) is 7.66. The van der Waals surface area contributed by atoms with Crippen LogP contribution in [0.25, 0.3) is 0 Å². The van der Waals surface area contributed by atoms with E-state index in [0.29, 0.717) is 50.3 Å². The van der Waals surface area contributed by atoms with E-state index >= 15 is 0 Å². The topological polar surface area (TPSA) is 99.3 Å². The molecule has 0 spiro atoms. The van der Waals surface area contributed by atoms with Crippen molar-refractivity contribution in [1.29, 1.82) is 0 Å². The van der Waals surface area contributed by atoms with Crippen LogP contribution in [0.15, 0.2) is 22.7 Å². The Hall–Kier alpha value is -2.62. The average Bonchev–Trinajstić information content (AvgIpc) is 2.93. The molecule has 2 aliphatic heterocycles. The van der Waals surface area contributed by atoms with E-state index in [0.717, 1.165) is 4.47 Å². The van der Waals surface area contributed by atoms with Crippen LogP contribution in [0.5, 0.6) is 0 Å². The normalized spacial score (nSPS) is 16.5. The summed E-state index contributed by atoms with van der Waals surface area (Å²) in [5.41, 5.74) is 0.244. The van der Waals surface area contributed by atoms with Crippen molar-refractivity contribution in [2.45, 2.75) is 32.8 Å². The standard InChI is InChI=1S/C21H27BrN4O5/c1-21(2,3)31-20(30)25-11-9-24(10-12-25)19(29)23-7-4-8-26-17(27)15-6-5-14(22)13-16(15)18(26)28/h5-6,13H,4,7-12H2,1-3H3,(H,23,29). The van der Waals surface area contributed by atoms with Crippen LogP contribution in [-0.2, 0) is 4.74 Å². The Labute approximate surface area is 189 Å². The van der Waals surface area contributed by atoms with Crippen LogP contribution in [0, 0.1) is 0 Å². The minimum atomic E-state index is -0.554. The Morgan fingerprint density at radius 2 is 1.65 bits per heavy atom. The molecule has 1 aromatic carbocycles. The summed E-state index contributed by atoms with van der Waals surface area (Å²) < 4.78 is 6.10. The SMILES string of the molecule is CC(C)(C)OC(=O)N1CCN(C(=O)NCCCN2C(=O)c3ccc(Br)cc3C2=O)CC1. The van der Waals surface area contributed by atoms with Crippen LogP contribution >= 0.6 is 15.9 Å². The highest BCUT2D eigenvalue weighted by Crippen LogP contribution is 2.26. The molecule has 2 aliphatic rings. The van der Waals surface area contributed by atoms with E-state index in [2.05, 4.69) is 21.2 Å². The van der Waals surface area contributed by atoms with Crippen molar-refractivity contribution in [2.75, 3.05) is 39.3 Å². The van der Waals surface area contributed by atoms with Gasteiger partial charge in [-0.2, -0.15) is 0 Å². The van der Waals surface area contributed by atoms with E-state index in [9.17, 15) is 19.2 Å². The largest absolute Gasteiger partial charge is 0.444 e. The summed E-state index contributed by atoms with van der Waals surface area (Å²) in [6, 6.07) is 4.79. The lowest BCUT2D eigenvalue weighted by Crippen LogP contribution is -2.54. The first kappa shape index (κ1) is 23.1. The van der Waals surface area contributed by atoms with Crippen molar-refractivity contribution in [1.82, 2.24) is 20.0 Å². The highest BCUT2D eigenvalue weighted by Gasteiger charge is 2.35. The molecule has 0 bridgehead atoms. The molecule has 1 aromatic rings. The van der Waals surface area contributed by atoms with Gasteiger partial charge in [0.05, 0.1) is 11.1 Å². The first-order valence-electron chi connectivity index (χ1n) is 10.2. The number of benzene rings is 1. The summed E-state index contributed by atoms with van der Waals surface area (Å²) in [7, 11) is 0. The molecule has 0 saturated carbocycles. The summed E-state index contributed by atoms with van der Waals surface area (Å²) >= 11 is 3.31. The molecule has 168 valence electrons. The monoisotopic (exact) mass is 494 g/mol. The van der Waals surface area contributed by atoms with E-state index < -0.39 is 5.60 Å². The fourth-order valence-corrected chi connectivity index (χ4v) is 3.79. The van der Waals surface area contributed by atoms with Gasteiger partial charge >= 0.3 is 12.1 Å². The fourth-order valence-electron chi connectivity index (χ4n) is 3.43. The summed E-state index contributed by atoms with van der Waals surface area (Å²) in [5.74, 6) is -0.622. The third-order valence-electron chi connectivity index (χ3n) is 4.99. The lowest BCUT2D eigenvalue weighted by atomic mass is 10.1. The molecule has 0 radical (unpaired) electrons. The second-order valence-corrected chi connectivity index (χ2v) is 9.41. The molecule has 31 heavy (non-hydrogen) atoms. The lowest BCUT2D eigenvalue weighted by molar-refractivity contribution is 0.0169. The van der Waals surface area contributed by atoms with E-state index in [1.165, 1.54) is 4.90 Å². The van der Waals surface area contributed by atoms with Gasteiger partial charge in [-0.05, 0) is 45.4 Å². The maximum Gasteiger partial charge on any atom is 0.410 e. The molecule has 5 amide bonds. The van der Waals surface area contributed by atoms with Crippen LogP contribution in [0.2, 0.25) is 0 Å². The second kappa shape index (κ2) is 9.25. The molecule has 10 heteroatoms. The average molecular weight is 495 g/mol. The lowest BCUT2D eigenvalue weighted by Gasteiger charge is -2.35.